The second-order valence-electron chi connectivity index (χ2n) is 4.34. The van der Waals surface area contributed by atoms with Gasteiger partial charge in [0.1, 0.15) is 5.82 Å². The van der Waals surface area contributed by atoms with Gasteiger partial charge in [0.25, 0.3) is 0 Å². The van der Waals surface area contributed by atoms with Crippen molar-refractivity contribution in [2.45, 2.75) is 19.6 Å². The smallest absolute Gasteiger partial charge is 0.131 e. The first-order valence-corrected chi connectivity index (χ1v) is 6.72. The maximum Gasteiger partial charge on any atom is 0.131 e. The molecule has 2 nitrogen and oxygen atoms in total. The lowest BCUT2D eigenvalue weighted by molar-refractivity contribution is 0.194. The lowest BCUT2D eigenvalue weighted by Crippen LogP contribution is -2.19. The molecule has 0 amide bonds. The SMILES string of the molecule is CC(O)c1c(F)cccc1N(C)Cc1ccsc1. The zero-order valence-corrected chi connectivity index (χ0v) is 11.2. The summed E-state index contributed by atoms with van der Waals surface area (Å²) in [5.74, 6) is -0.361. The average molecular weight is 265 g/mol. The molecule has 0 aliphatic rings. The molecule has 0 spiro atoms. The van der Waals surface area contributed by atoms with Crippen LogP contribution in [-0.2, 0) is 6.54 Å². The van der Waals surface area contributed by atoms with Gasteiger partial charge in [-0.2, -0.15) is 11.3 Å². The van der Waals surface area contributed by atoms with Crippen LogP contribution in [0.4, 0.5) is 10.1 Å². The van der Waals surface area contributed by atoms with E-state index in [2.05, 4.69) is 5.38 Å². The van der Waals surface area contributed by atoms with Crippen LogP contribution in [0.5, 0.6) is 0 Å². The Kier molecular flexibility index (Phi) is 3.99. The molecular weight excluding hydrogens is 249 g/mol. The molecule has 0 aliphatic heterocycles. The number of aliphatic hydroxyl groups excluding tert-OH is 1. The molecule has 0 fully saturated rings. The summed E-state index contributed by atoms with van der Waals surface area (Å²) < 4.78 is 13.8. The van der Waals surface area contributed by atoms with Gasteiger partial charge in [0.05, 0.1) is 6.10 Å². The largest absolute Gasteiger partial charge is 0.389 e. The average Bonchev–Trinajstić information content (AvgIpc) is 2.80. The lowest BCUT2D eigenvalue weighted by atomic mass is 10.1. The van der Waals surface area contributed by atoms with E-state index in [1.54, 1.807) is 24.3 Å². The van der Waals surface area contributed by atoms with Gasteiger partial charge in [-0.25, -0.2) is 4.39 Å². The van der Waals surface area contributed by atoms with Crippen molar-refractivity contribution in [1.82, 2.24) is 0 Å². The number of hydrogen-bond acceptors (Lipinski definition) is 3. The summed E-state index contributed by atoms with van der Waals surface area (Å²) in [5.41, 5.74) is 2.27. The van der Waals surface area contributed by atoms with Crippen LogP contribution in [0.3, 0.4) is 0 Å². The highest BCUT2D eigenvalue weighted by Gasteiger charge is 2.16. The molecule has 0 saturated heterocycles. The van der Waals surface area contributed by atoms with Gasteiger partial charge in [-0.05, 0) is 41.4 Å². The van der Waals surface area contributed by atoms with Gasteiger partial charge in [0.2, 0.25) is 0 Å². The van der Waals surface area contributed by atoms with E-state index < -0.39 is 6.10 Å². The molecule has 0 bridgehead atoms. The fraction of sp³-hybridized carbons (Fsp3) is 0.286. The molecule has 1 unspecified atom stereocenters. The highest BCUT2D eigenvalue weighted by molar-refractivity contribution is 7.07. The summed E-state index contributed by atoms with van der Waals surface area (Å²) >= 11 is 1.64. The van der Waals surface area contributed by atoms with Crippen LogP contribution in [0.15, 0.2) is 35.0 Å². The van der Waals surface area contributed by atoms with Gasteiger partial charge in [0, 0.05) is 24.8 Å². The maximum atomic E-state index is 13.8. The second-order valence-corrected chi connectivity index (χ2v) is 5.12. The number of thiophene rings is 1. The van der Waals surface area contributed by atoms with Gasteiger partial charge < -0.3 is 10.0 Å². The zero-order chi connectivity index (χ0) is 13.1. The van der Waals surface area contributed by atoms with Crippen molar-refractivity contribution in [3.8, 4) is 0 Å². The molecule has 1 heterocycles. The molecule has 1 N–H and O–H groups in total. The number of benzene rings is 1. The number of nitrogens with zero attached hydrogens (tertiary/aromatic N) is 1. The molecule has 0 aliphatic carbocycles. The minimum Gasteiger partial charge on any atom is -0.389 e. The third-order valence-corrected chi connectivity index (χ3v) is 3.59. The molecule has 0 radical (unpaired) electrons. The Labute approximate surface area is 110 Å². The van der Waals surface area contributed by atoms with Gasteiger partial charge in [0.15, 0.2) is 0 Å². The summed E-state index contributed by atoms with van der Waals surface area (Å²) in [4.78, 5) is 1.95. The molecule has 1 aromatic carbocycles. The minimum atomic E-state index is -0.814. The standard InChI is InChI=1S/C14H16FNOS/c1-10(17)14-12(15)4-3-5-13(14)16(2)8-11-6-7-18-9-11/h3-7,9-10,17H,8H2,1-2H3. The lowest BCUT2D eigenvalue weighted by Gasteiger charge is -2.23. The molecule has 1 atom stereocenters. The predicted molar refractivity (Wildman–Crippen MR) is 73.5 cm³/mol. The van der Waals surface area contributed by atoms with Crippen molar-refractivity contribution < 1.29 is 9.50 Å². The highest BCUT2D eigenvalue weighted by atomic mass is 32.1. The van der Waals surface area contributed by atoms with Crippen molar-refractivity contribution in [3.05, 3.63) is 52.0 Å². The van der Waals surface area contributed by atoms with Crippen molar-refractivity contribution in [2.24, 2.45) is 0 Å². The Balaban J connectivity index is 2.29. The van der Waals surface area contributed by atoms with Crippen LogP contribution in [0, 0.1) is 5.82 Å². The number of rotatable bonds is 4. The number of aliphatic hydroxyl groups is 1. The summed E-state index contributed by atoms with van der Waals surface area (Å²) in [5, 5.41) is 13.8. The zero-order valence-electron chi connectivity index (χ0n) is 10.4. The van der Waals surface area contributed by atoms with E-state index in [0.29, 0.717) is 12.1 Å². The summed E-state index contributed by atoms with van der Waals surface area (Å²) in [6.45, 7) is 2.28. The van der Waals surface area contributed by atoms with Gasteiger partial charge in [-0.3, -0.25) is 0 Å². The van der Waals surface area contributed by atoms with Crippen molar-refractivity contribution in [2.75, 3.05) is 11.9 Å². The normalized spacial score (nSPS) is 12.4. The van der Waals surface area contributed by atoms with Crippen molar-refractivity contribution >= 4 is 17.0 Å². The van der Waals surface area contributed by atoms with E-state index in [1.807, 2.05) is 29.5 Å². The Morgan fingerprint density at radius 2 is 2.17 bits per heavy atom. The van der Waals surface area contributed by atoms with Gasteiger partial charge in [-0.1, -0.05) is 6.07 Å². The fourth-order valence-electron chi connectivity index (χ4n) is 2.01. The van der Waals surface area contributed by atoms with Crippen LogP contribution in [0.25, 0.3) is 0 Å². The highest BCUT2D eigenvalue weighted by Crippen LogP contribution is 2.29. The third-order valence-electron chi connectivity index (χ3n) is 2.86. The fourth-order valence-corrected chi connectivity index (χ4v) is 2.67. The van der Waals surface area contributed by atoms with E-state index >= 15 is 0 Å². The first-order chi connectivity index (χ1) is 8.59. The number of anilines is 1. The minimum absolute atomic E-state index is 0.357. The van der Waals surface area contributed by atoms with E-state index in [1.165, 1.54) is 11.6 Å². The van der Waals surface area contributed by atoms with E-state index in [0.717, 1.165) is 5.69 Å². The Hall–Kier alpha value is -1.39. The topological polar surface area (TPSA) is 23.5 Å². The molecule has 18 heavy (non-hydrogen) atoms. The number of halogens is 1. The Morgan fingerprint density at radius 3 is 2.78 bits per heavy atom. The molecule has 96 valence electrons. The van der Waals surface area contributed by atoms with E-state index in [-0.39, 0.29) is 5.82 Å². The molecular formula is C14H16FNOS. The second kappa shape index (κ2) is 5.50. The van der Waals surface area contributed by atoms with Crippen molar-refractivity contribution in [3.63, 3.8) is 0 Å². The van der Waals surface area contributed by atoms with Crippen LogP contribution < -0.4 is 4.90 Å². The van der Waals surface area contributed by atoms with Crippen LogP contribution in [-0.4, -0.2) is 12.2 Å². The monoisotopic (exact) mass is 265 g/mol. The molecule has 2 rings (SSSR count). The van der Waals surface area contributed by atoms with Crippen LogP contribution >= 0.6 is 11.3 Å². The third kappa shape index (κ3) is 2.71. The predicted octanol–water partition coefficient (Wildman–Crippen LogP) is 3.58. The Morgan fingerprint density at radius 1 is 1.39 bits per heavy atom. The van der Waals surface area contributed by atoms with Crippen LogP contribution in [0.1, 0.15) is 24.2 Å². The summed E-state index contributed by atoms with van der Waals surface area (Å²) in [7, 11) is 1.90. The van der Waals surface area contributed by atoms with E-state index in [4.69, 9.17) is 0 Å². The maximum absolute atomic E-state index is 13.8. The summed E-state index contributed by atoms with van der Waals surface area (Å²) in [6.07, 6.45) is -0.814. The van der Waals surface area contributed by atoms with Crippen LogP contribution in [0.2, 0.25) is 0 Å². The van der Waals surface area contributed by atoms with E-state index in [9.17, 15) is 9.50 Å². The van der Waals surface area contributed by atoms with Gasteiger partial charge >= 0.3 is 0 Å². The first kappa shape index (κ1) is 13.1. The molecule has 4 heteroatoms. The molecule has 0 saturated carbocycles. The number of hydrogen-bond donors (Lipinski definition) is 1. The molecule has 2 aromatic rings. The Bertz CT molecular complexity index is 511. The van der Waals surface area contributed by atoms with Gasteiger partial charge in [-0.15, -0.1) is 0 Å². The first-order valence-electron chi connectivity index (χ1n) is 5.78. The quantitative estimate of drug-likeness (QED) is 0.913. The van der Waals surface area contributed by atoms with Crippen molar-refractivity contribution in [1.29, 1.82) is 0 Å². The summed E-state index contributed by atoms with van der Waals surface area (Å²) in [6, 6.07) is 6.92. The molecule has 1 aromatic heterocycles.